The maximum atomic E-state index is 6.79. The van der Waals surface area contributed by atoms with Crippen molar-refractivity contribution in [3.8, 4) is 0 Å². The Bertz CT molecular complexity index is 782. The van der Waals surface area contributed by atoms with Crippen LogP contribution in [-0.2, 0) is 14.3 Å². The van der Waals surface area contributed by atoms with Gasteiger partial charge in [0.15, 0.2) is 5.79 Å². The lowest BCUT2D eigenvalue weighted by atomic mass is 9.98. The number of rotatable bonds is 32. The largest absolute Gasteiger partial charge is 0.344 e. The molecule has 0 aromatic heterocycles. The molecule has 0 aromatic carbocycles. The number of hydroxylamine groups is 2. The van der Waals surface area contributed by atoms with Crippen molar-refractivity contribution in [2.45, 2.75) is 218 Å². The topological polar surface area (TPSA) is 30.9 Å². The molecule has 0 spiro atoms. The SMILES string of the molecule is CCCCC/C=C\C/C=C\CCCCCCCCC1(CCCCCCCC/C=C\C/C=C\CCCCC)O[C@H]2C[C@@H](ON(C)C)C[C@H]2O1. The van der Waals surface area contributed by atoms with Gasteiger partial charge in [-0.3, -0.25) is 4.84 Å². The van der Waals surface area contributed by atoms with Crippen molar-refractivity contribution in [3.63, 3.8) is 0 Å². The van der Waals surface area contributed by atoms with Crippen molar-refractivity contribution in [2.24, 2.45) is 0 Å². The molecule has 278 valence electrons. The lowest BCUT2D eigenvalue weighted by molar-refractivity contribution is -0.213. The third kappa shape index (κ3) is 21.8. The Balaban J connectivity index is 1.57. The summed E-state index contributed by atoms with van der Waals surface area (Å²) in [7, 11) is 3.94. The molecule has 2 fully saturated rings. The predicted molar refractivity (Wildman–Crippen MR) is 208 cm³/mol. The smallest absolute Gasteiger partial charge is 0.169 e. The van der Waals surface area contributed by atoms with Gasteiger partial charge >= 0.3 is 0 Å². The van der Waals surface area contributed by atoms with Crippen LogP contribution in [0.3, 0.4) is 0 Å². The van der Waals surface area contributed by atoms with Crippen molar-refractivity contribution in [2.75, 3.05) is 14.1 Å². The fourth-order valence-electron chi connectivity index (χ4n) is 7.26. The second-order valence-electron chi connectivity index (χ2n) is 14.9. The van der Waals surface area contributed by atoms with Gasteiger partial charge in [0.1, 0.15) is 0 Å². The van der Waals surface area contributed by atoms with E-state index in [2.05, 4.69) is 62.5 Å². The minimum Gasteiger partial charge on any atom is -0.344 e. The van der Waals surface area contributed by atoms with E-state index in [9.17, 15) is 0 Å². The van der Waals surface area contributed by atoms with Crippen LogP contribution in [0.2, 0.25) is 0 Å². The van der Waals surface area contributed by atoms with Crippen molar-refractivity contribution < 1.29 is 14.3 Å². The minimum atomic E-state index is -0.358. The summed E-state index contributed by atoms with van der Waals surface area (Å²) in [6.45, 7) is 4.54. The number of hydrogen-bond acceptors (Lipinski definition) is 4. The standard InChI is InChI=1S/C44H79NO3/c1-5-7-9-11-13-15-17-19-21-23-25-27-29-31-33-35-37-44(46-42-39-41(48-45(3)4)40-43(42)47-44)38-36-34-32-30-28-26-24-22-20-18-16-14-12-10-8-6-2/h13-16,19-22,41-43H,5-12,17-18,23-40H2,1-4H3/b15-13-,16-14-,21-19-,22-20-/t41-,42+,43-. The molecule has 1 saturated carbocycles. The second-order valence-corrected chi connectivity index (χ2v) is 14.9. The Morgan fingerprint density at radius 1 is 0.500 bits per heavy atom. The van der Waals surface area contributed by atoms with Gasteiger partial charge in [-0.05, 0) is 77.0 Å². The van der Waals surface area contributed by atoms with Crippen LogP contribution in [-0.4, -0.2) is 43.3 Å². The van der Waals surface area contributed by atoms with Crippen molar-refractivity contribution in [3.05, 3.63) is 48.6 Å². The highest BCUT2D eigenvalue weighted by Gasteiger charge is 2.51. The van der Waals surface area contributed by atoms with Crippen LogP contribution >= 0.6 is 0 Å². The molecule has 4 heteroatoms. The summed E-state index contributed by atoms with van der Waals surface area (Å²) in [5.41, 5.74) is 0. The Labute approximate surface area is 299 Å². The first kappa shape index (κ1) is 43.0. The Kier molecular flexibility index (Phi) is 26.4. The molecule has 2 aliphatic rings. The molecule has 1 aliphatic heterocycles. The molecular weight excluding hydrogens is 590 g/mol. The zero-order valence-corrected chi connectivity index (χ0v) is 32.3. The molecule has 1 saturated heterocycles. The van der Waals surface area contributed by atoms with Gasteiger partial charge in [-0.25, -0.2) is 0 Å². The van der Waals surface area contributed by atoms with E-state index in [1.165, 1.54) is 141 Å². The Morgan fingerprint density at radius 2 is 0.854 bits per heavy atom. The van der Waals surface area contributed by atoms with Crippen LogP contribution in [0, 0.1) is 0 Å². The van der Waals surface area contributed by atoms with Crippen LogP contribution in [0.4, 0.5) is 0 Å². The van der Waals surface area contributed by atoms with Gasteiger partial charge in [-0.1, -0.05) is 140 Å². The highest BCUT2D eigenvalue weighted by atomic mass is 16.8. The van der Waals surface area contributed by atoms with Gasteiger partial charge < -0.3 is 9.47 Å². The molecule has 1 aliphatic carbocycles. The maximum absolute atomic E-state index is 6.79. The van der Waals surface area contributed by atoms with Crippen LogP contribution in [0.15, 0.2) is 48.6 Å². The molecule has 0 aromatic rings. The zero-order chi connectivity index (χ0) is 34.4. The molecule has 4 nitrogen and oxygen atoms in total. The molecule has 0 unspecified atom stereocenters. The van der Waals surface area contributed by atoms with Crippen LogP contribution in [0.25, 0.3) is 0 Å². The molecule has 3 atom stereocenters. The first-order valence-electron chi connectivity index (χ1n) is 20.9. The summed E-state index contributed by atoms with van der Waals surface area (Å²) in [4.78, 5) is 5.96. The van der Waals surface area contributed by atoms with E-state index in [1.807, 2.05) is 19.2 Å². The summed E-state index contributed by atoms with van der Waals surface area (Å²) in [6, 6.07) is 0. The molecule has 0 radical (unpaired) electrons. The lowest BCUT2D eigenvalue weighted by Gasteiger charge is -2.30. The first-order valence-corrected chi connectivity index (χ1v) is 20.9. The monoisotopic (exact) mass is 670 g/mol. The van der Waals surface area contributed by atoms with Crippen LogP contribution in [0.1, 0.15) is 194 Å². The summed E-state index contributed by atoms with van der Waals surface area (Å²) in [6.07, 6.45) is 54.3. The fourth-order valence-corrected chi connectivity index (χ4v) is 7.26. The zero-order valence-electron chi connectivity index (χ0n) is 32.3. The number of hydrogen-bond donors (Lipinski definition) is 0. The van der Waals surface area contributed by atoms with E-state index in [4.69, 9.17) is 14.3 Å². The van der Waals surface area contributed by atoms with E-state index in [1.54, 1.807) is 0 Å². The average Bonchev–Trinajstić information content (AvgIpc) is 3.59. The van der Waals surface area contributed by atoms with E-state index in [0.29, 0.717) is 0 Å². The maximum Gasteiger partial charge on any atom is 0.169 e. The van der Waals surface area contributed by atoms with Gasteiger partial charge in [0, 0.05) is 39.8 Å². The third-order valence-corrected chi connectivity index (χ3v) is 10.0. The minimum absolute atomic E-state index is 0.198. The molecule has 48 heavy (non-hydrogen) atoms. The third-order valence-electron chi connectivity index (χ3n) is 10.0. The highest BCUT2D eigenvalue weighted by molar-refractivity contribution is 4.95. The molecule has 0 amide bonds. The number of unbranched alkanes of at least 4 members (excludes halogenated alkanes) is 18. The van der Waals surface area contributed by atoms with Gasteiger partial charge in [0.2, 0.25) is 0 Å². The number of allylic oxidation sites excluding steroid dienone is 8. The van der Waals surface area contributed by atoms with Gasteiger partial charge in [-0.2, -0.15) is 5.06 Å². The van der Waals surface area contributed by atoms with Gasteiger partial charge in [0.05, 0.1) is 18.3 Å². The fraction of sp³-hybridized carbons (Fsp3) is 0.818. The van der Waals surface area contributed by atoms with Gasteiger partial charge in [0.25, 0.3) is 0 Å². The summed E-state index contributed by atoms with van der Waals surface area (Å²) >= 11 is 0. The predicted octanol–water partition coefficient (Wildman–Crippen LogP) is 13.5. The molecule has 0 bridgehead atoms. The number of ether oxygens (including phenoxy) is 2. The van der Waals surface area contributed by atoms with Crippen LogP contribution in [0.5, 0.6) is 0 Å². The molecule has 2 rings (SSSR count). The van der Waals surface area contributed by atoms with E-state index in [-0.39, 0.29) is 24.1 Å². The molecule has 0 N–H and O–H groups in total. The quantitative estimate of drug-likeness (QED) is 0.0405. The van der Waals surface area contributed by atoms with Crippen molar-refractivity contribution >= 4 is 0 Å². The molecular formula is C44H79NO3. The Morgan fingerprint density at radius 3 is 1.23 bits per heavy atom. The first-order chi connectivity index (χ1) is 23.6. The Hall–Kier alpha value is -1.20. The summed E-state index contributed by atoms with van der Waals surface area (Å²) < 4.78 is 13.6. The summed E-state index contributed by atoms with van der Waals surface area (Å²) in [5.74, 6) is -0.358. The second kappa shape index (κ2) is 29.5. The number of fused-ring (bicyclic) bond motifs is 1. The number of nitrogens with zero attached hydrogens (tertiary/aromatic N) is 1. The summed E-state index contributed by atoms with van der Waals surface area (Å²) in [5, 5.41) is 1.83. The van der Waals surface area contributed by atoms with E-state index >= 15 is 0 Å². The van der Waals surface area contributed by atoms with E-state index < -0.39 is 0 Å². The average molecular weight is 670 g/mol. The van der Waals surface area contributed by atoms with Gasteiger partial charge in [-0.15, -0.1) is 0 Å². The normalized spacial score (nSPS) is 21.0. The highest BCUT2D eigenvalue weighted by Crippen LogP contribution is 2.44. The van der Waals surface area contributed by atoms with E-state index in [0.717, 1.165) is 38.5 Å². The molecule has 1 heterocycles. The van der Waals surface area contributed by atoms with Crippen LogP contribution < -0.4 is 0 Å². The van der Waals surface area contributed by atoms with Crippen molar-refractivity contribution in [1.29, 1.82) is 0 Å². The van der Waals surface area contributed by atoms with Crippen molar-refractivity contribution in [1.82, 2.24) is 5.06 Å². The lowest BCUT2D eigenvalue weighted by Crippen LogP contribution is -2.33.